The molecule has 1 N–H and O–H groups in total. The zero-order chi connectivity index (χ0) is 15.0. The van der Waals surface area contributed by atoms with Crippen molar-refractivity contribution < 1.29 is 4.79 Å². The molecular weight excluding hydrogens is 264 g/mol. The fourth-order valence-corrected chi connectivity index (χ4v) is 2.32. The Morgan fingerprint density at radius 2 is 1.95 bits per heavy atom. The first-order valence-electron chi connectivity index (χ1n) is 6.74. The molecule has 0 atom stereocenters. The largest absolute Gasteiger partial charge is 0.320 e. The van der Waals surface area contributed by atoms with E-state index in [1.165, 1.54) is 5.56 Å². The summed E-state index contributed by atoms with van der Waals surface area (Å²) in [5, 5.41) is 7.06. The highest BCUT2D eigenvalue weighted by molar-refractivity contribution is 6.03. The fraction of sp³-hybridized carbons (Fsp3) is 0.188. The van der Waals surface area contributed by atoms with Crippen molar-refractivity contribution in [3.8, 4) is 0 Å². The van der Waals surface area contributed by atoms with Crippen LogP contribution < -0.4 is 5.32 Å². The van der Waals surface area contributed by atoms with Crippen LogP contribution in [-0.2, 0) is 0 Å². The van der Waals surface area contributed by atoms with Gasteiger partial charge in [-0.1, -0.05) is 17.7 Å². The number of hydrogen-bond donors (Lipinski definition) is 1. The number of fused-ring (bicyclic) bond motifs is 1. The van der Waals surface area contributed by atoms with E-state index in [1.54, 1.807) is 22.8 Å². The summed E-state index contributed by atoms with van der Waals surface area (Å²) in [6.45, 7) is 5.90. The topological polar surface area (TPSA) is 59.3 Å². The number of carbonyl (C=O) groups excluding carboxylic acids is 1. The Hall–Kier alpha value is -2.69. The van der Waals surface area contributed by atoms with E-state index in [4.69, 9.17) is 0 Å². The predicted octanol–water partition coefficient (Wildman–Crippen LogP) is 2.91. The summed E-state index contributed by atoms with van der Waals surface area (Å²) in [5.74, 6) is -0.214. The lowest BCUT2D eigenvalue weighted by Crippen LogP contribution is -2.16. The van der Waals surface area contributed by atoms with E-state index in [-0.39, 0.29) is 5.91 Å². The number of nitrogens with one attached hydrogen (secondary N) is 1. The Morgan fingerprint density at radius 1 is 1.14 bits per heavy atom. The van der Waals surface area contributed by atoms with E-state index in [2.05, 4.69) is 15.4 Å². The highest BCUT2D eigenvalue weighted by Crippen LogP contribution is 2.17. The van der Waals surface area contributed by atoms with Crippen LogP contribution in [-0.4, -0.2) is 20.5 Å². The summed E-state index contributed by atoms with van der Waals surface area (Å²) in [5.41, 5.74) is 4.93. The number of nitrogens with zero attached hydrogens (tertiary/aromatic N) is 3. The Labute approximate surface area is 122 Å². The highest BCUT2D eigenvalue weighted by atomic mass is 16.1. The minimum atomic E-state index is -0.214. The molecule has 106 valence electrons. The van der Waals surface area contributed by atoms with Gasteiger partial charge in [-0.25, -0.2) is 9.50 Å². The third-order valence-electron chi connectivity index (χ3n) is 3.40. The maximum Gasteiger partial charge on any atom is 0.274 e. The predicted molar refractivity (Wildman–Crippen MR) is 81.6 cm³/mol. The lowest BCUT2D eigenvalue weighted by atomic mass is 10.1. The third kappa shape index (κ3) is 2.50. The Bertz CT molecular complexity index is 835. The van der Waals surface area contributed by atoms with Crippen molar-refractivity contribution in [3.05, 3.63) is 59.0 Å². The monoisotopic (exact) mass is 280 g/mol. The molecule has 3 aromatic rings. The number of benzene rings is 1. The van der Waals surface area contributed by atoms with E-state index >= 15 is 0 Å². The summed E-state index contributed by atoms with van der Waals surface area (Å²) >= 11 is 0. The van der Waals surface area contributed by atoms with Crippen molar-refractivity contribution in [1.82, 2.24) is 14.6 Å². The lowest BCUT2D eigenvalue weighted by Gasteiger charge is -2.09. The minimum absolute atomic E-state index is 0.214. The maximum atomic E-state index is 12.4. The average molecular weight is 280 g/mol. The third-order valence-corrected chi connectivity index (χ3v) is 3.40. The van der Waals surface area contributed by atoms with Crippen LogP contribution in [0.3, 0.4) is 0 Å². The van der Waals surface area contributed by atoms with Crippen molar-refractivity contribution in [2.24, 2.45) is 0 Å². The number of aromatic nitrogens is 3. The number of amides is 1. The molecule has 0 radical (unpaired) electrons. The molecule has 1 aromatic carbocycles. The van der Waals surface area contributed by atoms with Crippen LogP contribution in [0.2, 0.25) is 0 Å². The zero-order valence-electron chi connectivity index (χ0n) is 12.2. The SMILES string of the molecule is Cc1ccc(NC(=O)c2cc(C)n3nccc3n2)c(C)c1. The molecule has 0 aliphatic carbocycles. The van der Waals surface area contributed by atoms with Gasteiger partial charge in [0, 0.05) is 17.4 Å². The van der Waals surface area contributed by atoms with Crippen LogP contribution in [0.1, 0.15) is 27.3 Å². The number of aryl methyl sites for hydroxylation is 3. The van der Waals surface area contributed by atoms with Gasteiger partial charge in [-0.3, -0.25) is 4.79 Å². The van der Waals surface area contributed by atoms with Gasteiger partial charge in [-0.15, -0.1) is 0 Å². The zero-order valence-corrected chi connectivity index (χ0v) is 12.2. The molecule has 0 fully saturated rings. The molecule has 2 heterocycles. The molecule has 1 amide bonds. The Morgan fingerprint density at radius 3 is 2.71 bits per heavy atom. The second kappa shape index (κ2) is 5.01. The van der Waals surface area contributed by atoms with Crippen LogP contribution in [0.25, 0.3) is 5.65 Å². The lowest BCUT2D eigenvalue weighted by molar-refractivity contribution is 0.102. The Kier molecular flexibility index (Phi) is 3.17. The van der Waals surface area contributed by atoms with Gasteiger partial charge in [0.25, 0.3) is 5.91 Å². The normalized spacial score (nSPS) is 10.8. The van der Waals surface area contributed by atoms with Gasteiger partial charge in [0.2, 0.25) is 0 Å². The van der Waals surface area contributed by atoms with E-state index in [0.29, 0.717) is 11.3 Å². The van der Waals surface area contributed by atoms with Crippen molar-refractivity contribution in [2.45, 2.75) is 20.8 Å². The number of hydrogen-bond acceptors (Lipinski definition) is 3. The first-order valence-corrected chi connectivity index (χ1v) is 6.74. The average Bonchev–Trinajstić information content (AvgIpc) is 2.90. The van der Waals surface area contributed by atoms with Gasteiger partial charge in [0.15, 0.2) is 5.65 Å². The van der Waals surface area contributed by atoms with Crippen LogP contribution >= 0.6 is 0 Å². The van der Waals surface area contributed by atoms with Crippen molar-refractivity contribution in [1.29, 1.82) is 0 Å². The number of carbonyl (C=O) groups is 1. The maximum absolute atomic E-state index is 12.4. The summed E-state index contributed by atoms with van der Waals surface area (Å²) in [4.78, 5) is 16.7. The number of rotatable bonds is 2. The molecule has 2 aromatic heterocycles. The van der Waals surface area contributed by atoms with Gasteiger partial charge in [-0.2, -0.15) is 5.10 Å². The van der Waals surface area contributed by atoms with Gasteiger partial charge in [-0.05, 0) is 38.5 Å². The first kappa shape index (κ1) is 13.3. The molecule has 0 aliphatic rings. The second-order valence-corrected chi connectivity index (χ2v) is 5.16. The quantitative estimate of drug-likeness (QED) is 0.785. The van der Waals surface area contributed by atoms with Crippen LogP contribution in [0.4, 0.5) is 5.69 Å². The second-order valence-electron chi connectivity index (χ2n) is 5.16. The van der Waals surface area contributed by atoms with E-state index in [9.17, 15) is 4.79 Å². The molecule has 5 nitrogen and oxygen atoms in total. The van der Waals surface area contributed by atoms with Gasteiger partial charge < -0.3 is 5.32 Å². The minimum Gasteiger partial charge on any atom is -0.320 e. The van der Waals surface area contributed by atoms with E-state index in [1.807, 2.05) is 39.0 Å². The molecule has 0 saturated heterocycles. The van der Waals surface area contributed by atoms with Gasteiger partial charge in [0.1, 0.15) is 5.69 Å². The van der Waals surface area contributed by atoms with E-state index in [0.717, 1.165) is 16.9 Å². The molecule has 5 heteroatoms. The molecule has 0 aliphatic heterocycles. The van der Waals surface area contributed by atoms with Gasteiger partial charge in [0.05, 0.1) is 6.20 Å². The summed E-state index contributed by atoms with van der Waals surface area (Å²) in [7, 11) is 0. The molecule has 0 saturated carbocycles. The van der Waals surface area contributed by atoms with Gasteiger partial charge >= 0.3 is 0 Å². The summed E-state index contributed by atoms with van der Waals surface area (Å²) < 4.78 is 1.70. The molecule has 3 rings (SSSR count). The smallest absolute Gasteiger partial charge is 0.274 e. The number of anilines is 1. The summed E-state index contributed by atoms with van der Waals surface area (Å²) in [6.07, 6.45) is 1.67. The molecule has 0 bridgehead atoms. The molecular formula is C16H16N4O. The molecule has 21 heavy (non-hydrogen) atoms. The summed E-state index contributed by atoms with van der Waals surface area (Å²) in [6, 6.07) is 9.43. The van der Waals surface area contributed by atoms with Crippen LogP contribution in [0.15, 0.2) is 36.5 Å². The van der Waals surface area contributed by atoms with Crippen molar-refractivity contribution in [2.75, 3.05) is 5.32 Å². The molecule has 0 spiro atoms. The van der Waals surface area contributed by atoms with Crippen molar-refractivity contribution in [3.63, 3.8) is 0 Å². The van der Waals surface area contributed by atoms with E-state index < -0.39 is 0 Å². The first-order chi connectivity index (χ1) is 10.0. The highest BCUT2D eigenvalue weighted by Gasteiger charge is 2.12. The van der Waals surface area contributed by atoms with Crippen LogP contribution in [0, 0.1) is 20.8 Å². The molecule has 0 unspecified atom stereocenters. The Balaban J connectivity index is 1.93. The van der Waals surface area contributed by atoms with Crippen LogP contribution in [0.5, 0.6) is 0 Å². The fourth-order valence-electron chi connectivity index (χ4n) is 2.32. The van der Waals surface area contributed by atoms with Crippen molar-refractivity contribution >= 4 is 17.2 Å². The standard InChI is InChI=1S/C16H16N4O/c1-10-4-5-13(11(2)8-10)19-16(21)14-9-12(3)20-15(18-14)6-7-17-20/h4-9H,1-3H3,(H,19,21).